The number of rotatable bonds is 8. The number of hydrogen-bond donors (Lipinski definition) is 0. The van der Waals surface area contributed by atoms with E-state index in [2.05, 4.69) is 203 Å². The van der Waals surface area contributed by atoms with E-state index in [4.69, 9.17) is 9.72 Å². The van der Waals surface area contributed by atoms with Crippen LogP contribution in [-0.4, -0.2) is 9.55 Å². The highest BCUT2D eigenvalue weighted by atomic mass is 16.5. The zero-order valence-electron chi connectivity index (χ0n) is 36.3. The Hall–Kier alpha value is -5.23. The number of fused-ring (bicyclic) bond motifs is 7. The molecule has 7 aromatic rings. The molecule has 4 heterocycles. The third kappa shape index (κ3) is 5.84. The van der Waals surface area contributed by atoms with Crippen LogP contribution in [0.5, 0.6) is 11.5 Å². The molecule has 2 aliphatic rings. The number of nitrogens with zero attached hydrogens (tertiary/aromatic N) is 4. The minimum absolute atomic E-state index is 0.000129. The fourth-order valence-electron chi connectivity index (χ4n) is 9.39. The van der Waals surface area contributed by atoms with Gasteiger partial charge in [0.25, 0.3) is 0 Å². The maximum absolute atomic E-state index is 7.02. The summed E-state index contributed by atoms with van der Waals surface area (Å²) in [6, 6.07) is 43.0. The van der Waals surface area contributed by atoms with Gasteiger partial charge in [0.2, 0.25) is 11.4 Å². The molecule has 0 N–H and O–H groups in total. The van der Waals surface area contributed by atoms with Crippen molar-refractivity contribution in [3.63, 3.8) is 0 Å². The van der Waals surface area contributed by atoms with Gasteiger partial charge in [-0.05, 0) is 93.7 Å². The van der Waals surface area contributed by atoms with E-state index in [1.165, 1.54) is 55.8 Å². The first-order valence-corrected chi connectivity index (χ1v) is 21.2. The van der Waals surface area contributed by atoms with Gasteiger partial charge in [-0.25, -0.2) is 4.98 Å². The Bertz CT molecular complexity index is 2730. The van der Waals surface area contributed by atoms with Crippen LogP contribution >= 0.6 is 0 Å². The number of benzene rings is 5. The maximum Gasteiger partial charge on any atom is 0.225 e. The monoisotopic (exact) mass is 767 g/mol. The van der Waals surface area contributed by atoms with Gasteiger partial charge in [0, 0.05) is 59.4 Å². The zero-order chi connectivity index (χ0) is 41.0. The highest BCUT2D eigenvalue weighted by molar-refractivity contribution is 6.09. The Balaban J connectivity index is 1.19. The second-order valence-corrected chi connectivity index (χ2v) is 19.8. The molecule has 0 saturated carbocycles. The van der Waals surface area contributed by atoms with E-state index >= 15 is 0 Å². The topological polar surface area (TPSA) is 27.1 Å². The van der Waals surface area contributed by atoms with Crippen molar-refractivity contribution in [3.8, 4) is 17.3 Å². The summed E-state index contributed by atoms with van der Waals surface area (Å²) in [4.78, 5) is 4.92. The summed E-state index contributed by atoms with van der Waals surface area (Å²) in [5, 5.41) is 2.38. The first-order valence-electron chi connectivity index (χ1n) is 21.2. The Morgan fingerprint density at radius 3 is 1.98 bits per heavy atom. The molecule has 9 rings (SSSR count). The Labute approximate surface area is 345 Å². The molecule has 0 amide bonds. The Kier molecular flexibility index (Phi) is 8.68. The van der Waals surface area contributed by atoms with Crippen LogP contribution in [0.2, 0.25) is 0 Å². The normalized spacial score (nSPS) is 19.0. The second-order valence-electron chi connectivity index (χ2n) is 19.8. The molecule has 1 fully saturated rings. The van der Waals surface area contributed by atoms with Crippen molar-refractivity contribution in [3.05, 3.63) is 150 Å². The zero-order valence-corrected chi connectivity index (χ0v) is 36.3. The lowest BCUT2D eigenvalue weighted by molar-refractivity contribution is 0.420. The van der Waals surface area contributed by atoms with Crippen molar-refractivity contribution < 1.29 is 4.74 Å². The van der Waals surface area contributed by atoms with E-state index < -0.39 is 0 Å². The molecule has 296 valence electrons. The highest BCUT2D eigenvalue weighted by Crippen LogP contribution is 2.75. The highest BCUT2D eigenvalue weighted by Gasteiger charge is 2.78. The minimum atomic E-state index is -0.0998. The van der Waals surface area contributed by atoms with Gasteiger partial charge in [0.1, 0.15) is 17.3 Å². The van der Waals surface area contributed by atoms with Gasteiger partial charge in [-0.3, -0.25) is 4.57 Å². The number of quaternary nitrogens is 2. The quantitative estimate of drug-likeness (QED) is 0.0875. The number of para-hydroxylation sites is 1. The third-order valence-corrected chi connectivity index (χ3v) is 12.9. The van der Waals surface area contributed by atoms with Crippen LogP contribution in [0.3, 0.4) is 0 Å². The summed E-state index contributed by atoms with van der Waals surface area (Å²) < 4.78 is 10.6. The Morgan fingerprint density at radius 2 is 1.26 bits per heavy atom. The third-order valence-electron chi connectivity index (χ3n) is 12.9. The van der Waals surface area contributed by atoms with Gasteiger partial charge in [-0.2, -0.15) is 9.18 Å². The molecule has 58 heavy (non-hydrogen) atoms. The summed E-state index contributed by atoms with van der Waals surface area (Å²) in [5.41, 5.74) is 12.6. The van der Waals surface area contributed by atoms with Crippen LogP contribution < -0.4 is 13.9 Å². The average molecular weight is 768 g/mol. The molecule has 1 unspecified atom stereocenters. The van der Waals surface area contributed by atoms with Gasteiger partial charge in [0.05, 0.1) is 11.0 Å². The van der Waals surface area contributed by atoms with E-state index in [-0.39, 0.29) is 16.2 Å². The molecule has 5 nitrogen and oxygen atoms in total. The average Bonchev–Trinajstić information content (AvgIpc) is 3.68. The fourth-order valence-corrected chi connectivity index (χ4v) is 9.39. The van der Waals surface area contributed by atoms with Crippen molar-refractivity contribution in [2.45, 2.75) is 111 Å². The van der Waals surface area contributed by atoms with Crippen LogP contribution in [0.15, 0.2) is 121 Å². The number of ether oxygens (including phenoxy) is 1. The number of hydrogen-bond acceptors (Lipinski definition) is 2. The molecule has 0 bridgehead atoms. The van der Waals surface area contributed by atoms with Crippen LogP contribution in [-0.2, 0) is 16.2 Å². The Morgan fingerprint density at radius 1 is 0.569 bits per heavy atom. The van der Waals surface area contributed by atoms with Crippen molar-refractivity contribution in [1.82, 2.24) is 18.7 Å². The van der Waals surface area contributed by atoms with Crippen LogP contribution in [0, 0.1) is 6.67 Å². The lowest BCUT2D eigenvalue weighted by Crippen LogP contribution is -2.47. The second kappa shape index (κ2) is 13.1. The smallest absolute Gasteiger partial charge is 0.225 e. The molecule has 5 aromatic carbocycles. The number of aromatic nitrogens is 2. The minimum Gasteiger partial charge on any atom is -0.457 e. The van der Waals surface area contributed by atoms with Crippen LogP contribution in [0.25, 0.3) is 27.6 Å². The van der Waals surface area contributed by atoms with Gasteiger partial charge in [-0.1, -0.05) is 113 Å². The predicted molar refractivity (Wildman–Crippen MR) is 245 cm³/mol. The van der Waals surface area contributed by atoms with E-state index in [1.807, 2.05) is 6.20 Å². The molecule has 2 aliphatic heterocycles. The van der Waals surface area contributed by atoms with Gasteiger partial charge in [0.15, 0.2) is 18.0 Å². The lowest BCUT2D eigenvalue weighted by atomic mass is 9.85. The molecule has 5 heteroatoms. The maximum atomic E-state index is 7.02. The summed E-state index contributed by atoms with van der Waals surface area (Å²) in [6.45, 7) is 27.7. The first-order chi connectivity index (χ1) is 27.5. The largest absolute Gasteiger partial charge is 0.457 e. The summed E-state index contributed by atoms with van der Waals surface area (Å²) in [6.07, 6.45) is 4.20. The van der Waals surface area contributed by atoms with Crippen molar-refractivity contribution >= 4 is 44.6 Å². The fraction of sp³-hybridized carbons (Fsp3) is 0.321. The summed E-state index contributed by atoms with van der Waals surface area (Å²) in [7, 11) is 0. The van der Waals surface area contributed by atoms with E-state index in [0.717, 1.165) is 41.2 Å². The lowest BCUT2D eigenvalue weighted by Gasteiger charge is -2.41. The molecule has 0 aliphatic carbocycles. The van der Waals surface area contributed by atoms with Gasteiger partial charge in [-0.15, -0.1) is 0 Å². The van der Waals surface area contributed by atoms with Crippen molar-refractivity contribution in [1.29, 1.82) is 0 Å². The molecule has 2 aromatic heterocycles. The number of pyridine rings is 1. The van der Waals surface area contributed by atoms with Crippen LogP contribution in [0.4, 0.5) is 22.7 Å². The molecule has 0 spiro atoms. The van der Waals surface area contributed by atoms with Gasteiger partial charge >= 0.3 is 0 Å². The molecular formula is C53H59N4O+. The van der Waals surface area contributed by atoms with E-state index in [1.54, 1.807) is 0 Å². The standard InChI is InChI=1S/C53H59N4O/c1-12-35(13-2)36-17-16-18-40(27-36)56-34-57(56,48-24-21-37(30-49(48)56)51(3,4)5)41-28-39(53(9,10)11)29-43(32-41)58-42-22-23-45-44-19-14-15-20-46(44)55(47(45)33-42)50-31-38(25-26-54-50)52(6,7)8/h14-35H,12-13H2,1-11H3/q+1/t56-,57?/m0/s1. The molecular weight excluding hydrogens is 709 g/mol. The van der Waals surface area contributed by atoms with Crippen molar-refractivity contribution in [2.75, 3.05) is 0 Å². The van der Waals surface area contributed by atoms with Crippen LogP contribution in [0.1, 0.15) is 117 Å². The first kappa shape index (κ1) is 38.3. The van der Waals surface area contributed by atoms with Crippen molar-refractivity contribution in [2.24, 2.45) is 0 Å². The van der Waals surface area contributed by atoms with Gasteiger partial charge < -0.3 is 4.74 Å². The predicted octanol–water partition coefficient (Wildman–Crippen LogP) is 15.1. The molecule has 1 saturated heterocycles. The summed E-state index contributed by atoms with van der Waals surface area (Å²) in [5.74, 6) is 3.09. The van der Waals surface area contributed by atoms with E-state index in [9.17, 15) is 0 Å². The van der Waals surface area contributed by atoms with E-state index in [0.29, 0.717) is 15.1 Å². The molecule has 0 radical (unpaired) electrons. The SMILES string of the molecule is CCC(CC)c1cccc([N@+]23[CH-][N+]2(c2cc(Oc4ccc5c6ccccc6n(-c6cc(C(C)(C)C)ccn6)c5c4)cc(C(C)(C)C)c2)c2ccc(C(C)(C)C)cc23)c1. The summed E-state index contributed by atoms with van der Waals surface area (Å²) >= 11 is 0. The molecule has 2 atom stereocenters.